The molecule has 0 aliphatic carbocycles. The molecule has 0 radical (unpaired) electrons. The van der Waals surface area contributed by atoms with Crippen LogP contribution in [0.1, 0.15) is 26.9 Å². The van der Waals surface area contributed by atoms with Crippen LogP contribution in [0.2, 0.25) is 0 Å². The number of carbonyl (C=O) groups is 1. The molecule has 140 valence electrons. The van der Waals surface area contributed by atoms with Gasteiger partial charge in [0.1, 0.15) is 16.8 Å². The van der Waals surface area contributed by atoms with Crippen LogP contribution in [0.5, 0.6) is 0 Å². The van der Waals surface area contributed by atoms with Crippen molar-refractivity contribution in [1.82, 2.24) is 5.32 Å². The first-order valence-electron chi connectivity index (χ1n) is 8.25. The summed E-state index contributed by atoms with van der Waals surface area (Å²) in [5.41, 5.74) is 1.44. The highest BCUT2D eigenvalue weighted by molar-refractivity contribution is 7.91. The van der Waals surface area contributed by atoms with Crippen molar-refractivity contribution in [1.29, 1.82) is 0 Å². The molecule has 0 aliphatic heterocycles. The van der Waals surface area contributed by atoms with Gasteiger partial charge in [-0.05, 0) is 55.5 Å². The number of nitrogens with one attached hydrogen (secondary N) is 1. The van der Waals surface area contributed by atoms with Crippen molar-refractivity contribution in [2.45, 2.75) is 17.1 Å². The molecular formula is C20H18FNO4S. The molecule has 1 N–H and O–H groups in total. The number of carbonyl (C=O) groups excluding carboxylic acids is 1. The Labute approximate surface area is 156 Å². The summed E-state index contributed by atoms with van der Waals surface area (Å²) in [4.78, 5) is 12.3. The quantitative estimate of drug-likeness (QED) is 0.655. The minimum absolute atomic E-state index is 0.0464. The molecule has 2 aromatic carbocycles. The molecule has 1 atom stereocenters. The molecule has 0 bridgehead atoms. The number of aryl methyl sites for hydroxylation is 1. The molecule has 1 aromatic heterocycles. The highest BCUT2D eigenvalue weighted by atomic mass is 32.2. The van der Waals surface area contributed by atoms with E-state index >= 15 is 0 Å². The molecular weight excluding hydrogens is 369 g/mol. The monoisotopic (exact) mass is 387 g/mol. The van der Waals surface area contributed by atoms with E-state index in [-0.39, 0.29) is 23.1 Å². The summed E-state index contributed by atoms with van der Waals surface area (Å²) in [5, 5.41) is 1.51. The average molecular weight is 387 g/mol. The largest absolute Gasteiger partial charge is 0.468 e. The van der Waals surface area contributed by atoms with Gasteiger partial charge in [-0.2, -0.15) is 0 Å². The van der Waals surface area contributed by atoms with E-state index in [1.54, 1.807) is 30.3 Å². The molecule has 0 saturated heterocycles. The van der Waals surface area contributed by atoms with Crippen LogP contribution in [0, 0.1) is 12.7 Å². The number of halogens is 1. The molecule has 1 heterocycles. The van der Waals surface area contributed by atoms with Crippen molar-refractivity contribution in [3.63, 3.8) is 0 Å². The van der Waals surface area contributed by atoms with Crippen molar-refractivity contribution >= 4 is 15.7 Å². The summed E-state index contributed by atoms with van der Waals surface area (Å²) in [5.74, 6) is -0.722. The first kappa shape index (κ1) is 18.8. The molecule has 0 spiro atoms. The highest BCUT2D eigenvalue weighted by Crippen LogP contribution is 2.29. The van der Waals surface area contributed by atoms with Crippen molar-refractivity contribution < 1.29 is 22.0 Å². The Bertz CT molecular complexity index is 1010. The number of hydrogen-bond donors (Lipinski definition) is 1. The fourth-order valence-electron chi connectivity index (χ4n) is 2.62. The Kier molecular flexibility index (Phi) is 5.41. The number of sulfone groups is 1. The van der Waals surface area contributed by atoms with Crippen LogP contribution < -0.4 is 5.32 Å². The summed E-state index contributed by atoms with van der Waals surface area (Å²) in [6.07, 6.45) is 1.37. The van der Waals surface area contributed by atoms with E-state index in [1.165, 1.54) is 24.5 Å². The van der Waals surface area contributed by atoms with Gasteiger partial charge in [-0.1, -0.05) is 17.7 Å². The van der Waals surface area contributed by atoms with E-state index in [0.29, 0.717) is 5.56 Å². The zero-order valence-electron chi connectivity index (χ0n) is 14.6. The van der Waals surface area contributed by atoms with Gasteiger partial charge in [0.25, 0.3) is 5.91 Å². The van der Waals surface area contributed by atoms with Crippen LogP contribution in [0.15, 0.2) is 76.2 Å². The number of hydrogen-bond acceptors (Lipinski definition) is 4. The zero-order valence-corrected chi connectivity index (χ0v) is 15.4. The van der Waals surface area contributed by atoms with Crippen LogP contribution in [0.25, 0.3) is 0 Å². The second-order valence-corrected chi connectivity index (χ2v) is 8.21. The maximum absolute atomic E-state index is 13.1. The third kappa shape index (κ3) is 4.25. The number of benzene rings is 2. The highest BCUT2D eigenvalue weighted by Gasteiger charge is 2.32. The molecule has 0 aliphatic rings. The third-order valence-corrected chi connectivity index (χ3v) is 6.22. The molecule has 3 rings (SSSR count). The summed E-state index contributed by atoms with van der Waals surface area (Å²) in [7, 11) is -3.90. The summed E-state index contributed by atoms with van der Waals surface area (Å²) < 4.78 is 44.4. The van der Waals surface area contributed by atoms with Crippen LogP contribution in [-0.2, 0) is 9.84 Å². The van der Waals surface area contributed by atoms with E-state index in [4.69, 9.17) is 4.42 Å². The average Bonchev–Trinajstić information content (AvgIpc) is 3.16. The molecule has 7 heteroatoms. The number of amides is 1. The van der Waals surface area contributed by atoms with E-state index < -0.39 is 20.9 Å². The zero-order chi connectivity index (χ0) is 19.4. The fourth-order valence-corrected chi connectivity index (χ4v) is 4.21. The molecule has 3 aromatic rings. The Morgan fingerprint density at radius 2 is 1.74 bits per heavy atom. The van der Waals surface area contributed by atoms with Gasteiger partial charge in [-0.25, -0.2) is 12.8 Å². The molecule has 0 saturated carbocycles. The molecule has 5 nitrogen and oxygen atoms in total. The van der Waals surface area contributed by atoms with Crippen LogP contribution in [0.4, 0.5) is 4.39 Å². The normalized spacial score (nSPS) is 12.5. The van der Waals surface area contributed by atoms with E-state index in [0.717, 1.165) is 17.7 Å². The molecule has 0 fully saturated rings. The molecule has 1 amide bonds. The Hall–Kier alpha value is -2.93. The van der Waals surface area contributed by atoms with Gasteiger partial charge in [0.2, 0.25) is 0 Å². The standard InChI is InChI=1S/C20H18FNO4S/c1-14-4-6-15(7-5-14)20(23)22-13-19(18-3-2-12-26-18)27(24,25)17-10-8-16(21)9-11-17/h2-12,19H,13H2,1H3,(H,22,23). The van der Waals surface area contributed by atoms with E-state index in [9.17, 15) is 17.6 Å². The Morgan fingerprint density at radius 1 is 1.07 bits per heavy atom. The minimum Gasteiger partial charge on any atom is -0.468 e. The Balaban J connectivity index is 1.85. The lowest BCUT2D eigenvalue weighted by Crippen LogP contribution is -2.31. The van der Waals surface area contributed by atoms with Gasteiger partial charge in [-0.15, -0.1) is 0 Å². The van der Waals surface area contributed by atoms with Crippen molar-refractivity contribution in [3.05, 3.63) is 89.6 Å². The van der Waals surface area contributed by atoms with Crippen molar-refractivity contribution in [3.8, 4) is 0 Å². The van der Waals surface area contributed by atoms with Gasteiger partial charge in [-0.3, -0.25) is 4.79 Å². The van der Waals surface area contributed by atoms with E-state index in [1.807, 2.05) is 6.92 Å². The SMILES string of the molecule is Cc1ccc(C(=O)NCC(c2ccco2)S(=O)(=O)c2ccc(F)cc2)cc1. The maximum Gasteiger partial charge on any atom is 0.251 e. The molecule has 27 heavy (non-hydrogen) atoms. The maximum atomic E-state index is 13.1. The summed E-state index contributed by atoms with van der Waals surface area (Å²) >= 11 is 0. The van der Waals surface area contributed by atoms with Crippen LogP contribution in [-0.4, -0.2) is 20.9 Å². The van der Waals surface area contributed by atoms with Crippen LogP contribution >= 0.6 is 0 Å². The lowest BCUT2D eigenvalue weighted by Gasteiger charge is -2.17. The number of furan rings is 1. The van der Waals surface area contributed by atoms with Gasteiger partial charge >= 0.3 is 0 Å². The predicted octanol–water partition coefficient (Wildman–Crippen LogP) is 3.67. The van der Waals surface area contributed by atoms with Gasteiger partial charge in [0.05, 0.1) is 11.2 Å². The summed E-state index contributed by atoms with van der Waals surface area (Å²) in [6.45, 7) is 1.73. The second-order valence-electron chi connectivity index (χ2n) is 6.08. The van der Waals surface area contributed by atoms with Crippen molar-refractivity contribution in [2.24, 2.45) is 0 Å². The van der Waals surface area contributed by atoms with Gasteiger partial charge in [0.15, 0.2) is 9.84 Å². The van der Waals surface area contributed by atoms with Gasteiger partial charge in [0, 0.05) is 12.1 Å². The topological polar surface area (TPSA) is 76.4 Å². The first-order valence-corrected chi connectivity index (χ1v) is 9.80. The van der Waals surface area contributed by atoms with E-state index in [2.05, 4.69) is 5.32 Å². The first-order chi connectivity index (χ1) is 12.9. The predicted molar refractivity (Wildman–Crippen MR) is 98.5 cm³/mol. The summed E-state index contributed by atoms with van der Waals surface area (Å²) in [6, 6.07) is 14.6. The lowest BCUT2D eigenvalue weighted by molar-refractivity contribution is 0.0953. The smallest absolute Gasteiger partial charge is 0.251 e. The second kappa shape index (κ2) is 7.75. The van der Waals surface area contributed by atoms with Gasteiger partial charge < -0.3 is 9.73 Å². The number of rotatable bonds is 6. The van der Waals surface area contributed by atoms with Crippen LogP contribution in [0.3, 0.4) is 0 Å². The lowest BCUT2D eigenvalue weighted by atomic mass is 10.1. The third-order valence-electron chi connectivity index (χ3n) is 4.14. The van der Waals surface area contributed by atoms with Crippen molar-refractivity contribution in [2.75, 3.05) is 6.54 Å². The Morgan fingerprint density at radius 3 is 2.33 bits per heavy atom. The fraction of sp³-hybridized carbons (Fsp3) is 0.150. The minimum atomic E-state index is -3.90. The molecule has 1 unspecified atom stereocenters.